The second-order valence-corrected chi connectivity index (χ2v) is 8.10. The van der Waals surface area contributed by atoms with Crippen molar-refractivity contribution in [2.75, 3.05) is 0 Å². The van der Waals surface area contributed by atoms with Gasteiger partial charge in [0, 0.05) is 17.9 Å². The van der Waals surface area contributed by atoms with E-state index in [9.17, 15) is 9.59 Å². The zero-order chi connectivity index (χ0) is 23.4. The maximum absolute atomic E-state index is 13.0. The Bertz CT molecular complexity index is 1290. The van der Waals surface area contributed by atoms with Gasteiger partial charge in [-0.1, -0.05) is 63.2 Å². The van der Waals surface area contributed by atoms with Crippen molar-refractivity contribution in [3.8, 4) is 22.5 Å². The number of nitrogens with zero attached hydrogens (tertiary/aromatic N) is 6. The molecule has 170 valence electrons. The van der Waals surface area contributed by atoms with Crippen LogP contribution in [-0.4, -0.2) is 40.9 Å². The zero-order valence-corrected chi connectivity index (χ0v) is 19.0. The van der Waals surface area contributed by atoms with Crippen molar-refractivity contribution in [2.45, 2.75) is 52.5 Å². The van der Waals surface area contributed by atoms with Crippen molar-refractivity contribution in [2.24, 2.45) is 0 Å². The van der Waals surface area contributed by atoms with Crippen molar-refractivity contribution >= 4 is 5.91 Å². The number of rotatable bonds is 8. The fourth-order valence-electron chi connectivity index (χ4n) is 3.70. The Kier molecular flexibility index (Phi) is 6.58. The number of H-pyrrole nitrogens is 1. The minimum absolute atomic E-state index is 0.0699. The van der Waals surface area contributed by atoms with E-state index in [2.05, 4.69) is 25.7 Å². The van der Waals surface area contributed by atoms with Crippen LogP contribution in [0.2, 0.25) is 0 Å². The molecule has 0 aliphatic rings. The van der Waals surface area contributed by atoms with Gasteiger partial charge >= 0.3 is 5.69 Å². The summed E-state index contributed by atoms with van der Waals surface area (Å²) >= 11 is 0. The smallest absolute Gasteiger partial charge is 0.274 e. The minimum atomic E-state index is -0.374. The first-order valence-electron chi connectivity index (χ1n) is 11.2. The molecule has 0 bridgehead atoms. The lowest BCUT2D eigenvalue weighted by Gasteiger charge is -2.11. The van der Waals surface area contributed by atoms with Crippen molar-refractivity contribution < 1.29 is 4.79 Å². The van der Waals surface area contributed by atoms with Crippen molar-refractivity contribution in [1.29, 1.82) is 0 Å². The summed E-state index contributed by atoms with van der Waals surface area (Å²) < 4.78 is 2.65. The lowest BCUT2D eigenvalue weighted by atomic mass is 10.0. The molecule has 0 saturated carbocycles. The van der Waals surface area contributed by atoms with Gasteiger partial charge in [0.2, 0.25) is 5.82 Å². The third kappa shape index (κ3) is 4.67. The molecule has 2 heterocycles. The predicted molar refractivity (Wildman–Crippen MR) is 125 cm³/mol. The summed E-state index contributed by atoms with van der Waals surface area (Å²) in [6.45, 7) is 6.34. The molecule has 0 saturated heterocycles. The first kappa shape index (κ1) is 22.3. The van der Waals surface area contributed by atoms with E-state index in [4.69, 9.17) is 0 Å². The second kappa shape index (κ2) is 9.72. The average molecular weight is 446 g/mol. The van der Waals surface area contributed by atoms with Crippen molar-refractivity contribution in [3.63, 3.8) is 0 Å². The summed E-state index contributed by atoms with van der Waals surface area (Å²) in [5.74, 6) is 0.993. The Labute approximate surface area is 191 Å². The van der Waals surface area contributed by atoms with E-state index < -0.39 is 0 Å². The molecular formula is C24H27N7O2. The minimum Gasteiger partial charge on any atom is -0.274 e. The van der Waals surface area contributed by atoms with Gasteiger partial charge in [0.05, 0.1) is 6.54 Å². The van der Waals surface area contributed by atoms with Gasteiger partial charge in [-0.15, -0.1) is 20.0 Å². The average Bonchev–Trinajstić information content (AvgIpc) is 3.49. The number of carbonyl (C=O) groups is 1. The molecule has 0 amide bonds. The van der Waals surface area contributed by atoms with Crippen LogP contribution in [0.4, 0.5) is 0 Å². The fraction of sp³-hybridized carbons (Fsp3) is 0.333. The van der Waals surface area contributed by atoms with Crippen LogP contribution in [0.1, 0.15) is 62.1 Å². The fourth-order valence-corrected chi connectivity index (χ4v) is 3.70. The summed E-state index contributed by atoms with van der Waals surface area (Å²) in [5.41, 5.74) is 3.52. The van der Waals surface area contributed by atoms with Crippen LogP contribution in [0.3, 0.4) is 0 Å². The zero-order valence-electron chi connectivity index (χ0n) is 19.0. The molecule has 1 unspecified atom stereocenters. The molecule has 2 aromatic heterocycles. The van der Waals surface area contributed by atoms with Crippen LogP contribution >= 0.6 is 0 Å². The highest BCUT2D eigenvalue weighted by Gasteiger charge is 2.21. The number of nitrogens with one attached hydrogen (secondary N) is 1. The maximum Gasteiger partial charge on any atom is 0.353 e. The molecule has 2 aromatic carbocycles. The number of tetrazole rings is 1. The second-order valence-electron chi connectivity index (χ2n) is 8.10. The lowest BCUT2D eigenvalue weighted by molar-refractivity contribution is 0.0880. The number of carbonyl (C=O) groups excluding carboxylic acids is 1. The van der Waals surface area contributed by atoms with Crippen LogP contribution < -0.4 is 5.69 Å². The van der Waals surface area contributed by atoms with E-state index in [-0.39, 0.29) is 17.5 Å². The van der Waals surface area contributed by atoms with E-state index in [0.717, 1.165) is 33.4 Å². The van der Waals surface area contributed by atoms with E-state index in [1.54, 1.807) is 4.57 Å². The first-order chi connectivity index (χ1) is 16.0. The van der Waals surface area contributed by atoms with Gasteiger partial charge in [0.15, 0.2) is 0 Å². The van der Waals surface area contributed by atoms with Crippen LogP contribution in [-0.2, 0) is 6.54 Å². The Morgan fingerprint density at radius 2 is 1.82 bits per heavy atom. The van der Waals surface area contributed by atoms with Crippen LogP contribution in [0.5, 0.6) is 0 Å². The highest BCUT2D eigenvalue weighted by atomic mass is 16.2. The Morgan fingerprint density at radius 3 is 2.48 bits per heavy atom. The van der Waals surface area contributed by atoms with Gasteiger partial charge in [-0.3, -0.25) is 9.36 Å². The Balaban J connectivity index is 1.62. The van der Waals surface area contributed by atoms with Crippen LogP contribution in [0, 0.1) is 0 Å². The third-order valence-electron chi connectivity index (χ3n) is 5.74. The normalized spacial score (nSPS) is 12.1. The lowest BCUT2D eigenvalue weighted by Crippen LogP contribution is -2.30. The predicted octanol–water partition coefficient (Wildman–Crippen LogP) is 3.89. The van der Waals surface area contributed by atoms with Gasteiger partial charge in [-0.25, -0.2) is 4.79 Å². The first-order valence-corrected chi connectivity index (χ1v) is 11.2. The molecule has 1 atom stereocenters. The van der Waals surface area contributed by atoms with Crippen molar-refractivity contribution in [3.05, 3.63) is 70.4 Å². The summed E-state index contributed by atoms with van der Waals surface area (Å²) in [5, 5.41) is 18.5. The standard InChI is InChI=1S/C24H27N7O2/c1-4-7-21(32)31-24(33)30(23(27-31)16(3)5-2)15-17-10-12-18(13-11-17)19-8-6-9-20(14-19)22-25-28-29-26-22/h6,8-14,16H,4-5,7,15H2,1-3H3,(H,25,26,28,29). The Hall–Kier alpha value is -3.88. The van der Waals surface area contributed by atoms with Gasteiger partial charge in [-0.05, 0) is 40.8 Å². The van der Waals surface area contributed by atoms with E-state index in [1.165, 1.54) is 0 Å². The van der Waals surface area contributed by atoms with Gasteiger partial charge < -0.3 is 0 Å². The summed E-state index contributed by atoms with van der Waals surface area (Å²) in [6, 6.07) is 15.9. The quantitative estimate of drug-likeness (QED) is 0.440. The molecule has 0 fully saturated rings. The molecule has 9 nitrogen and oxygen atoms in total. The third-order valence-corrected chi connectivity index (χ3v) is 5.74. The molecule has 33 heavy (non-hydrogen) atoms. The number of aromatic nitrogens is 7. The SMILES string of the molecule is CCCC(=O)n1nc(C(C)CC)n(Cc2ccc(-c3cccc(-c4nn[nH]n4)c3)cc2)c1=O. The molecule has 1 N–H and O–H groups in total. The number of aromatic amines is 1. The van der Waals surface area contributed by atoms with Gasteiger partial charge in [0.25, 0.3) is 5.91 Å². The molecule has 9 heteroatoms. The number of benzene rings is 2. The molecule has 4 aromatic rings. The van der Waals surface area contributed by atoms with E-state index in [0.29, 0.717) is 31.0 Å². The molecule has 0 aliphatic carbocycles. The van der Waals surface area contributed by atoms with Crippen LogP contribution in [0.25, 0.3) is 22.5 Å². The topological polar surface area (TPSA) is 111 Å². The van der Waals surface area contributed by atoms with Gasteiger partial charge in [0.1, 0.15) is 5.82 Å². The van der Waals surface area contributed by atoms with Crippen LogP contribution in [0.15, 0.2) is 53.3 Å². The monoisotopic (exact) mass is 445 g/mol. The molecule has 0 radical (unpaired) electrons. The highest BCUT2D eigenvalue weighted by molar-refractivity contribution is 5.77. The van der Waals surface area contributed by atoms with Gasteiger partial charge in [-0.2, -0.15) is 5.21 Å². The van der Waals surface area contributed by atoms with E-state index in [1.807, 2.05) is 69.3 Å². The maximum atomic E-state index is 13.0. The Morgan fingerprint density at radius 1 is 1.06 bits per heavy atom. The largest absolute Gasteiger partial charge is 0.353 e. The summed E-state index contributed by atoms with van der Waals surface area (Å²) in [6.07, 6.45) is 1.80. The molecule has 4 rings (SSSR count). The number of hydrogen-bond acceptors (Lipinski definition) is 6. The molecule has 0 aliphatic heterocycles. The highest BCUT2D eigenvalue weighted by Crippen LogP contribution is 2.25. The summed E-state index contributed by atoms with van der Waals surface area (Å²) in [7, 11) is 0. The van der Waals surface area contributed by atoms with Crippen molar-refractivity contribution in [1.82, 2.24) is 35.0 Å². The number of hydrogen-bond donors (Lipinski definition) is 1. The molecule has 0 spiro atoms. The molecular weight excluding hydrogens is 418 g/mol. The van der Waals surface area contributed by atoms with E-state index >= 15 is 0 Å². The summed E-state index contributed by atoms with van der Waals surface area (Å²) in [4.78, 5) is 25.4.